The van der Waals surface area contributed by atoms with Gasteiger partial charge >= 0.3 is 0 Å². The largest absolute Gasteiger partial charge is 0.495 e. The summed E-state index contributed by atoms with van der Waals surface area (Å²) in [6.07, 6.45) is 0. The topological polar surface area (TPSA) is 38.3 Å². The number of hydrogen-bond donors (Lipinski definition) is 1. The summed E-state index contributed by atoms with van der Waals surface area (Å²) in [6, 6.07) is 3.67. The number of aryl methyl sites for hydroxylation is 1. The minimum Gasteiger partial charge on any atom is -0.495 e. The van der Waals surface area contributed by atoms with Crippen LogP contribution >= 0.6 is 11.8 Å². The van der Waals surface area contributed by atoms with Crippen molar-refractivity contribution >= 4 is 23.4 Å². The number of anilines is 1. The van der Waals surface area contributed by atoms with E-state index in [-0.39, 0.29) is 5.91 Å². The van der Waals surface area contributed by atoms with E-state index in [4.69, 9.17) is 4.74 Å². The summed E-state index contributed by atoms with van der Waals surface area (Å²) in [4.78, 5) is 12.1. The number of alkyl halides is 1. The molecular formula is C14H20FNO2S. The van der Waals surface area contributed by atoms with Crippen LogP contribution in [0.3, 0.4) is 0 Å². The normalized spacial score (nSPS) is 11.3. The lowest BCUT2D eigenvalue weighted by atomic mass is 10.2. The number of ether oxygens (including phenoxy) is 1. The highest BCUT2D eigenvalue weighted by molar-refractivity contribution is 7.99. The van der Waals surface area contributed by atoms with Crippen LogP contribution in [0.1, 0.15) is 26.3 Å². The van der Waals surface area contributed by atoms with Crippen LogP contribution in [0.25, 0.3) is 0 Å². The second-order valence-electron chi connectivity index (χ2n) is 5.01. The van der Waals surface area contributed by atoms with Gasteiger partial charge in [-0.3, -0.25) is 4.79 Å². The first-order valence-corrected chi connectivity index (χ1v) is 6.99. The highest BCUT2D eigenvalue weighted by Crippen LogP contribution is 2.35. The van der Waals surface area contributed by atoms with Gasteiger partial charge in [0.2, 0.25) is 5.91 Å². The van der Waals surface area contributed by atoms with Gasteiger partial charge in [-0.2, -0.15) is 0 Å². The quantitative estimate of drug-likeness (QED) is 0.836. The molecule has 1 amide bonds. The van der Waals surface area contributed by atoms with Crippen LogP contribution in [0.4, 0.5) is 10.1 Å². The molecule has 0 radical (unpaired) electrons. The third-order valence-corrected chi connectivity index (χ3v) is 3.96. The zero-order valence-corrected chi connectivity index (χ0v) is 12.8. The zero-order chi connectivity index (χ0) is 14.6. The van der Waals surface area contributed by atoms with Crippen LogP contribution in [0.5, 0.6) is 5.75 Å². The number of hydrogen-bond acceptors (Lipinski definition) is 3. The molecule has 0 saturated heterocycles. The van der Waals surface area contributed by atoms with Gasteiger partial charge in [-0.25, -0.2) is 4.39 Å². The molecule has 19 heavy (non-hydrogen) atoms. The smallest absolute Gasteiger partial charge is 0.221 e. The maximum Gasteiger partial charge on any atom is 0.221 e. The minimum atomic E-state index is -1.23. The Balaban J connectivity index is 3.01. The van der Waals surface area contributed by atoms with E-state index in [0.717, 1.165) is 10.5 Å². The van der Waals surface area contributed by atoms with E-state index >= 15 is 0 Å². The standard InChI is InChI=1S/C14H20FNO2S/c1-9-6-12(18-5)11(16-10(2)17)7-13(9)19-8-14(3,4)15/h6-7H,8H2,1-5H3,(H,16,17). The Morgan fingerprint density at radius 1 is 1.47 bits per heavy atom. The summed E-state index contributed by atoms with van der Waals surface area (Å²) in [7, 11) is 1.55. The van der Waals surface area contributed by atoms with Gasteiger partial charge in [-0.15, -0.1) is 11.8 Å². The lowest BCUT2D eigenvalue weighted by Crippen LogP contribution is -2.15. The van der Waals surface area contributed by atoms with E-state index in [9.17, 15) is 9.18 Å². The van der Waals surface area contributed by atoms with Crippen molar-refractivity contribution < 1.29 is 13.9 Å². The van der Waals surface area contributed by atoms with Crippen molar-refractivity contribution in [2.75, 3.05) is 18.2 Å². The molecule has 0 aliphatic rings. The molecule has 0 unspecified atom stereocenters. The first-order valence-electron chi connectivity index (χ1n) is 6.01. The van der Waals surface area contributed by atoms with Gasteiger partial charge in [-0.1, -0.05) is 0 Å². The van der Waals surface area contributed by atoms with Crippen molar-refractivity contribution in [1.82, 2.24) is 0 Å². The highest BCUT2D eigenvalue weighted by atomic mass is 32.2. The minimum absolute atomic E-state index is 0.163. The molecule has 0 bridgehead atoms. The SMILES string of the molecule is COc1cc(C)c(SCC(C)(C)F)cc1NC(C)=O. The Bertz CT molecular complexity index is 469. The molecule has 3 nitrogen and oxygen atoms in total. The number of nitrogens with one attached hydrogen (secondary N) is 1. The van der Waals surface area contributed by atoms with E-state index in [1.54, 1.807) is 21.0 Å². The van der Waals surface area contributed by atoms with Gasteiger partial charge in [0, 0.05) is 17.6 Å². The summed E-state index contributed by atoms with van der Waals surface area (Å²) < 4.78 is 18.8. The Morgan fingerprint density at radius 3 is 2.58 bits per heavy atom. The van der Waals surface area contributed by atoms with E-state index in [0.29, 0.717) is 17.2 Å². The van der Waals surface area contributed by atoms with Crippen molar-refractivity contribution in [3.63, 3.8) is 0 Å². The molecule has 1 aromatic rings. The van der Waals surface area contributed by atoms with Gasteiger partial charge in [0.15, 0.2) is 0 Å². The van der Waals surface area contributed by atoms with Gasteiger partial charge in [0.1, 0.15) is 11.4 Å². The first kappa shape index (κ1) is 15.8. The molecule has 1 aromatic carbocycles. The molecule has 0 aromatic heterocycles. The van der Waals surface area contributed by atoms with Crippen molar-refractivity contribution in [1.29, 1.82) is 0 Å². The maximum absolute atomic E-state index is 13.5. The van der Waals surface area contributed by atoms with Gasteiger partial charge in [0.25, 0.3) is 0 Å². The van der Waals surface area contributed by atoms with E-state index in [1.165, 1.54) is 18.7 Å². The predicted molar refractivity (Wildman–Crippen MR) is 77.9 cm³/mol. The van der Waals surface area contributed by atoms with Crippen molar-refractivity contribution in [3.05, 3.63) is 17.7 Å². The van der Waals surface area contributed by atoms with Crippen molar-refractivity contribution in [3.8, 4) is 5.75 Å². The van der Waals surface area contributed by atoms with Crippen molar-refractivity contribution in [2.45, 2.75) is 38.3 Å². The molecular weight excluding hydrogens is 265 g/mol. The molecule has 1 rings (SSSR count). The fourth-order valence-corrected chi connectivity index (χ4v) is 2.51. The average Bonchev–Trinajstić information content (AvgIpc) is 2.27. The molecule has 0 heterocycles. The van der Waals surface area contributed by atoms with Crippen LogP contribution in [0.2, 0.25) is 0 Å². The lowest BCUT2D eigenvalue weighted by molar-refractivity contribution is -0.114. The third kappa shape index (κ3) is 5.11. The molecule has 0 aliphatic heterocycles. The number of thioether (sulfide) groups is 1. The third-order valence-electron chi connectivity index (χ3n) is 2.38. The lowest BCUT2D eigenvalue weighted by Gasteiger charge is -2.17. The van der Waals surface area contributed by atoms with Gasteiger partial charge in [0.05, 0.1) is 12.8 Å². The van der Waals surface area contributed by atoms with Crippen LogP contribution in [0.15, 0.2) is 17.0 Å². The Hall–Kier alpha value is -1.23. The molecule has 0 atom stereocenters. The summed E-state index contributed by atoms with van der Waals surface area (Å²) in [5.41, 5.74) is 0.380. The molecule has 106 valence electrons. The number of methoxy groups -OCH3 is 1. The number of rotatable bonds is 5. The number of carbonyl (C=O) groups excluding carboxylic acids is 1. The van der Waals surface area contributed by atoms with E-state index in [2.05, 4.69) is 5.32 Å². The van der Waals surface area contributed by atoms with Gasteiger partial charge < -0.3 is 10.1 Å². The summed E-state index contributed by atoms with van der Waals surface area (Å²) in [6.45, 7) is 6.48. The fraction of sp³-hybridized carbons (Fsp3) is 0.500. The molecule has 0 saturated carbocycles. The van der Waals surface area contributed by atoms with Crippen LogP contribution in [-0.2, 0) is 4.79 Å². The average molecular weight is 285 g/mol. The van der Waals surface area contributed by atoms with Crippen LogP contribution in [0, 0.1) is 6.92 Å². The number of halogens is 1. The zero-order valence-electron chi connectivity index (χ0n) is 12.0. The summed E-state index contributed by atoms with van der Waals surface area (Å²) in [5.74, 6) is 0.806. The highest BCUT2D eigenvalue weighted by Gasteiger charge is 2.17. The molecule has 1 N–H and O–H groups in total. The number of carbonyl (C=O) groups is 1. The Labute approximate surface area is 117 Å². The molecule has 5 heteroatoms. The fourth-order valence-electron chi connectivity index (χ4n) is 1.52. The van der Waals surface area contributed by atoms with Gasteiger partial charge in [-0.05, 0) is 38.5 Å². The molecule has 0 aliphatic carbocycles. The van der Waals surface area contributed by atoms with E-state index < -0.39 is 5.67 Å². The summed E-state index contributed by atoms with van der Waals surface area (Å²) in [5, 5.41) is 2.72. The Kier molecular flexibility index (Phi) is 5.23. The molecule has 0 spiro atoms. The second kappa shape index (κ2) is 6.28. The summed E-state index contributed by atoms with van der Waals surface area (Å²) >= 11 is 1.43. The number of benzene rings is 1. The maximum atomic E-state index is 13.5. The monoisotopic (exact) mass is 285 g/mol. The van der Waals surface area contributed by atoms with Crippen LogP contribution < -0.4 is 10.1 Å². The first-order chi connectivity index (χ1) is 8.73. The Morgan fingerprint density at radius 2 is 2.11 bits per heavy atom. The number of amides is 1. The molecule has 0 fully saturated rings. The van der Waals surface area contributed by atoms with Crippen LogP contribution in [-0.4, -0.2) is 24.4 Å². The van der Waals surface area contributed by atoms with E-state index in [1.807, 2.05) is 19.1 Å². The van der Waals surface area contributed by atoms with Crippen molar-refractivity contribution in [2.24, 2.45) is 0 Å². The second-order valence-corrected chi connectivity index (χ2v) is 6.02. The predicted octanol–water partition coefficient (Wildman–Crippen LogP) is 3.80.